The molecule has 0 spiro atoms. The van der Waals surface area contributed by atoms with Crippen molar-refractivity contribution < 1.29 is 35.3 Å². The highest BCUT2D eigenvalue weighted by Gasteiger charge is 2.50. The normalized spacial score (nSPS) is 23.7. The van der Waals surface area contributed by atoms with Gasteiger partial charge in [0.15, 0.2) is 6.10 Å². The number of rotatable bonds is 8. The van der Waals surface area contributed by atoms with Gasteiger partial charge in [0.05, 0.1) is 0 Å². The van der Waals surface area contributed by atoms with E-state index in [0.717, 1.165) is 24.5 Å². The lowest BCUT2D eigenvalue weighted by atomic mass is 9.64. The molecule has 0 unspecified atom stereocenters. The molecule has 0 N–H and O–H groups in total. The summed E-state index contributed by atoms with van der Waals surface area (Å²) in [5.41, 5.74) is -4.96. The molecule has 1 aliphatic carbocycles. The Bertz CT molecular complexity index is 865. The molecule has 31 heavy (non-hydrogen) atoms. The Labute approximate surface area is 181 Å². The van der Waals surface area contributed by atoms with Gasteiger partial charge in [0.1, 0.15) is 6.10 Å². The third-order valence-electron chi connectivity index (χ3n) is 5.94. The van der Waals surface area contributed by atoms with Crippen LogP contribution in [0.2, 0.25) is 0 Å². The molecule has 0 bridgehead atoms. The molecule has 1 aliphatic rings. The lowest BCUT2D eigenvalue weighted by molar-refractivity contribution is -0.165. The summed E-state index contributed by atoms with van der Waals surface area (Å²) in [4.78, 5) is 12.7. The summed E-state index contributed by atoms with van der Waals surface area (Å²) in [5.74, 6) is -0.988. The molecule has 1 aromatic carbocycles. The average molecular weight is 463 g/mol. The number of alkyl halides is 3. The maximum atomic E-state index is 12.7. The second kappa shape index (κ2) is 9.73. The van der Waals surface area contributed by atoms with Crippen LogP contribution < -0.4 is 0 Å². The molecule has 2 rings (SSSR count). The molecule has 9 heteroatoms. The summed E-state index contributed by atoms with van der Waals surface area (Å²) < 4.78 is 70.8. The van der Waals surface area contributed by atoms with Gasteiger partial charge in [-0.2, -0.15) is 21.6 Å². The van der Waals surface area contributed by atoms with E-state index in [1.165, 1.54) is 0 Å². The summed E-state index contributed by atoms with van der Waals surface area (Å²) in [5, 5.41) is 0. The van der Waals surface area contributed by atoms with E-state index >= 15 is 0 Å². The van der Waals surface area contributed by atoms with Crippen molar-refractivity contribution in [2.24, 2.45) is 11.8 Å². The van der Waals surface area contributed by atoms with Gasteiger partial charge in [-0.25, -0.2) is 8.98 Å². The van der Waals surface area contributed by atoms with Crippen LogP contribution in [0, 0.1) is 11.8 Å². The lowest BCUT2D eigenvalue weighted by Gasteiger charge is -2.44. The first-order valence-electron chi connectivity index (χ1n) is 10.2. The van der Waals surface area contributed by atoms with Crippen LogP contribution in [0.25, 0.3) is 0 Å². The van der Waals surface area contributed by atoms with Gasteiger partial charge in [0.2, 0.25) is 0 Å². The van der Waals surface area contributed by atoms with Gasteiger partial charge in [-0.3, -0.25) is 0 Å². The minimum absolute atomic E-state index is 0.0985. The Morgan fingerprint density at radius 3 is 2.39 bits per heavy atom. The molecule has 0 heterocycles. The maximum absolute atomic E-state index is 12.7. The molecule has 0 amide bonds. The second-order valence-corrected chi connectivity index (χ2v) is 10.2. The predicted octanol–water partition coefficient (Wildman–Crippen LogP) is 5.12. The number of benzene rings is 1. The number of carbonyl (C=O) groups is 1. The molecule has 4 atom stereocenters. The molecule has 1 aromatic rings. The van der Waals surface area contributed by atoms with Gasteiger partial charge in [-0.15, -0.1) is 6.58 Å². The zero-order chi connectivity index (χ0) is 23.4. The molecular weight excluding hydrogens is 433 g/mol. The van der Waals surface area contributed by atoms with Crippen LogP contribution >= 0.6 is 0 Å². The summed E-state index contributed by atoms with van der Waals surface area (Å²) in [7, 11) is -5.95. The first-order valence-corrected chi connectivity index (χ1v) is 11.6. The lowest BCUT2D eigenvalue weighted by Crippen LogP contribution is -2.45. The van der Waals surface area contributed by atoms with E-state index in [0.29, 0.717) is 6.42 Å². The van der Waals surface area contributed by atoms with Crippen LogP contribution in [-0.2, 0) is 29.2 Å². The third-order valence-corrected chi connectivity index (χ3v) is 6.99. The zero-order valence-electron chi connectivity index (χ0n) is 17.9. The average Bonchev–Trinajstić information content (AvgIpc) is 2.67. The fourth-order valence-electron chi connectivity index (χ4n) is 4.12. The van der Waals surface area contributed by atoms with E-state index in [1.54, 1.807) is 0 Å². The molecule has 5 nitrogen and oxygen atoms in total. The SMILES string of the molecule is C=CC[C@@H](OS(=O)(=O)C(F)(F)F)C(=O)O[C@@H]1C[C@@H](C)CC[C@@H]1C(C)(C)c1ccccc1. The van der Waals surface area contributed by atoms with Gasteiger partial charge >= 0.3 is 21.6 Å². The molecule has 1 fully saturated rings. The van der Waals surface area contributed by atoms with Gasteiger partial charge < -0.3 is 4.74 Å². The van der Waals surface area contributed by atoms with Crippen molar-refractivity contribution in [2.45, 2.75) is 69.6 Å². The van der Waals surface area contributed by atoms with E-state index in [-0.39, 0.29) is 17.3 Å². The maximum Gasteiger partial charge on any atom is 0.523 e. The van der Waals surface area contributed by atoms with Gasteiger partial charge in [-0.1, -0.05) is 63.6 Å². The van der Waals surface area contributed by atoms with E-state index in [1.807, 2.05) is 51.1 Å². The summed E-state index contributed by atoms with van der Waals surface area (Å²) in [6.45, 7) is 9.45. The minimum Gasteiger partial charge on any atom is -0.460 e. The first-order chi connectivity index (χ1) is 14.3. The molecule has 0 saturated heterocycles. The number of hydrogen-bond donors (Lipinski definition) is 0. The number of halogens is 3. The van der Waals surface area contributed by atoms with Crippen LogP contribution in [0.15, 0.2) is 43.0 Å². The van der Waals surface area contributed by atoms with Crippen molar-refractivity contribution in [2.75, 3.05) is 0 Å². The number of ether oxygens (including phenoxy) is 1. The highest BCUT2D eigenvalue weighted by molar-refractivity contribution is 7.87. The van der Waals surface area contributed by atoms with Crippen molar-refractivity contribution in [1.29, 1.82) is 0 Å². The standard InChI is InChI=1S/C22H29F3O5S/c1-5-9-18(30-31(27,28)22(23,24)25)20(26)29-19-14-15(2)12-13-17(19)21(3,4)16-10-7-6-8-11-16/h5-8,10-11,15,17-19H,1,9,12-14H2,2-4H3/t15-,17-,18+,19+/m0/s1. The highest BCUT2D eigenvalue weighted by atomic mass is 32.2. The summed E-state index contributed by atoms with van der Waals surface area (Å²) in [6, 6.07) is 9.70. The van der Waals surface area contributed by atoms with Gasteiger partial charge in [0.25, 0.3) is 0 Å². The Morgan fingerprint density at radius 1 is 1.23 bits per heavy atom. The van der Waals surface area contributed by atoms with Crippen molar-refractivity contribution in [3.8, 4) is 0 Å². The van der Waals surface area contributed by atoms with E-state index < -0.39 is 40.2 Å². The first kappa shape index (κ1) is 25.4. The predicted molar refractivity (Wildman–Crippen MR) is 111 cm³/mol. The third kappa shape index (κ3) is 6.10. The zero-order valence-corrected chi connectivity index (χ0v) is 18.7. The smallest absolute Gasteiger partial charge is 0.460 e. The quantitative estimate of drug-likeness (QED) is 0.232. The van der Waals surface area contributed by atoms with Crippen molar-refractivity contribution in [3.05, 3.63) is 48.6 Å². The van der Waals surface area contributed by atoms with Gasteiger partial charge in [0, 0.05) is 12.3 Å². The van der Waals surface area contributed by atoms with E-state index in [9.17, 15) is 26.4 Å². The second-order valence-electron chi connectivity index (χ2n) is 8.60. The van der Waals surface area contributed by atoms with E-state index in [4.69, 9.17) is 4.74 Å². The van der Waals surface area contributed by atoms with Crippen molar-refractivity contribution >= 4 is 16.1 Å². The molecular formula is C22H29F3O5S. The van der Waals surface area contributed by atoms with Crippen LogP contribution in [0.4, 0.5) is 13.2 Å². The van der Waals surface area contributed by atoms with Crippen LogP contribution in [0.5, 0.6) is 0 Å². The Hall–Kier alpha value is -1.87. The fraction of sp³-hybridized carbons (Fsp3) is 0.591. The largest absolute Gasteiger partial charge is 0.523 e. The van der Waals surface area contributed by atoms with Gasteiger partial charge in [-0.05, 0) is 29.7 Å². The molecule has 0 aromatic heterocycles. The van der Waals surface area contributed by atoms with Crippen LogP contribution in [0.1, 0.15) is 52.0 Å². The van der Waals surface area contributed by atoms with Crippen molar-refractivity contribution in [1.82, 2.24) is 0 Å². The van der Waals surface area contributed by atoms with Crippen LogP contribution in [0.3, 0.4) is 0 Å². The molecule has 0 radical (unpaired) electrons. The Morgan fingerprint density at radius 2 is 1.84 bits per heavy atom. The number of carbonyl (C=O) groups excluding carboxylic acids is 1. The number of hydrogen-bond acceptors (Lipinski definition) is 5. The molecule has 0 aliphatic heterocycles. The van der Waals surface area contributed by atoms with E-state index in [2.05, 4.69) is 10.8 Å². The fourth-order valence-corrected chi connectivity index (χ4v) is 4.70. The minimum atomic E-state index is -5.95. The topological polar surface area (TPSA) is 69.7 Å². The number of esters is 1. The Balaban J connectivity index is 2.26. The summed E-state index contributed by atoms with van der Waals surface area (Å²) in [6.07, 6.45) is 0.367. The van der Waals surface area contributed by atoms with Crippen LogP contribution in [-0.4, -0.2) is 32.1 Å². The monoisotopic (exact) mass is 462 g/mol. The molecule has 174 valence electrons. The Kier molecular flexibility index (Phi) is 7.97. The van der Waals surface area contributed by atoms with Crippen molar-refractivity contribution in [3.63, 3.8) is 0 Å². The molecule has 1 saturated carbocycles. The summed E-state index contributed by atoms with van der Waals surface area (Å²) >= 11 is 0. The highest BCUT2D eigenvalue weighted by Crippen LogP contribution is 2.43.